The number of guanidine groups is 1. The van der Waals surface area contributed by atoms with E-state index in [0.717, 1.165) is 17.2 Å². The van der Waals surface area contributed by atoms with E-state index in [2.05, 4.69) is 27.5 Å². The van der Waals surface area contributed by atoms with E-state index in [0.29, 0.717) is 36.1 Å². The minimum absolute atomic E-state index is 0.323. The van der Waals surface area contributed by atoms with Crippen molar-refractivity contribution in [2.75, 3.05) is 13.7 Å². The maximum atomic E-state index is 11.6. The van der Waals surface area contributed by atoms with Crippen LogP contribution in [0.3, 0.4) is 0 Å². The van der Waals surface area contributed by atoms with Gasteiger partial charge in [0.2, 0.25) is 0 Å². The molecule has 8 heteroatoms. The van der Waals surface area contributed by atoms with Gasteiger partial charge in [-0.1, -0.05) is 0 Å². The molecule has 0 unspecified atom stereocenters. The molecule has 0 radical (unpaired) electrons. The summed E-state index contributed by atoms with van der Waals surface area (Å²) < 4.78 is 10.3. The molecule has 2 aromatic heterocycles. The van der Waals surface area contributed by atoms with Crippen LogP contribution in [0.2, 0.25) is 0 Å². The normalized spacial score (nSPS) is 11.5. The molecule has 0 spiro atoms. The highest BCUT2D eigenvalue weighted by atomic mass is 32.1. The van der Waals surface area contributed by atoms with Crippen molar-refractivity contribution in [2.45, 2.75) is 40.8 Å². The topological polar surface area (TPSA) is 88.8 Å². The minimum atomic E-state index is -0.406. The van der Waals surface area contributed by atoms with E-state index in [9.17, 15) is 4.79 Å². The predicted molar refractivity (Wildman–Crippen MR) is 98.0 cm³/mol. The molecule has 0 aliphatic heterocycles. The number of nitrogens with zero attached hydrogens (tertiary/aromatic N) is 2. The lowest BCUT2D eigenvalue weighted by Crippen LogP contribution is -2.36. The zero-order valence-electron chi connectivity index (χ0n) is 15.2. The van der Waals surface area contributed by atoms with Crippen LogP contribution in [0.5, 0.6) is 0 Å². The van der Waals surface area contributed by atoms with Crippen LogP contribution >= 0.6 is 11.3 Å². The van der Waals surface area contributed by atoms with Gasteiger partial charge in [0.15, 0.2) is 5.96 Å². The molecule has 0 aromatic carbocycles. The molecule has 7 nitrogen and oxygen atoms in total. The Bertz CT molecular complexity index is 745. The first-order valence-electron chi connectivity index (χ1n) is 8.07. The molecule has 2 rings (SSSR count). The highest BCUT2D eigenvalue weighted by molar-refractivity contribution is 7.11. The van der Waals surface area contributed by atoms with E-state index < -0.39 is 5.97 Å². The smallest absolute Gasteiger partial charge is 0.341 e. The number of methoxy groups -OCH3 is 1. The fraction of sp³-hybridized carbons (Fsp3) is 0.471. The molecule has 0 atom stereocenters. The fourth-order valence-electron chi connectivity index (χ4n) is 2.21. The second-order valence-corrected chi connectivity index (χ2v) is 6.76. The number of furan rings is 1. The van der Waals surface area contributed by atoms with Crippen molar-refractivity contribution in [3.63, 3.8) is 0 Å². The summed E-state index contributed by atoms with van der Waals surface area (Å²) in [6.07, 6.45) is 0. The van der Waals surface area contributed by atoms with Gasteiger partial charge in [-0.15, -0.1) is 11.3 Å². The Morgan fingerprint density at radius 3 is 2.72 bits per heavy atom. The first kappa shape index (κ1) is 19.0. The number of esters is 1. The van der Waals surface area contributed by atoms with E-state index in [1.165, 1.54) is 12.0 Å². The van der Waals surface area contributed by atoms with Gasteiger partial charge in [0.05, 0.1) is 19.3 Å². The molecule has 136 valence electrons. The van der Waals surface area contributed by atoms with Crippen LogP contribution in [-0.2, 0) is 17.8 Å². The molecule has 0 saturated heterocycles. The van der Waals surface area contributed by atoms with Gasteiger partial charge in [0, 0.05) is 11.4 Å². The van der Waals surface area contributed by atoms with Gasteiger partial charge < -0.3 is 19.8 Å². The number of aliphatic imine (C=N–C) groups is 1. The van der Waals surface area contributed by atoms with Gasteiger partial charge in [-0.25, -0.2) is 14.8 Å². The van der Waals surface area contributed by atoms with Crippen LogP contribution < -0.4 is 10.6 Å². The Kier molecular flexibility index (Phi) is 6.58. The standard InChI is InChI=1S/C17H24N4O3S/c1-6-18-17(20-9-15-21-10(2)12(4)25-15)19-8-13-7-14(11(3)24-13)16(22)23-5/h7H,6,8-9H2,1-5H3,(H2,18,19,20). The number of rotatable bonds is 6. The third-order valence-electron chi connectivity index (χ3n) is 3.59. The molecule has 2 N–H and O–H groups in total. The SMILES string of the molecule is CCNC(=NCc1cc(C(=O)OC)c(C)o1)NCc1nc(C)c(C)s1. The summed E-state index contributed by atoms with van der Waals surface area (Å²) >= 11 is 1.67. The van der Waals surface area contributed by atoms with Crippen LogP contribution in [0, 0.1) is 20.8 Å². The molecule has 2 heterocycles. The van der Waals surface area contributed by atoms with Crippen molar-refractivity contribution in [1.82, 2.24) is 15.6 Å². The number of nitrogens with one attached hydrogen (secondary N) is 2. The molecule has 2 aromatic rings. The number of carbonyl (C=O) groups is 1. The van der Waals surface area contributed by atoms with Crippen molar-refractivity contribution in [3.8, 4) is 0 Å². The predicted octanol–water partition coefficient (Wildman–Crippen LogP) is 2.70. The Morgan fingerprint density at radius 1 is 1.36 bits per heavy atom. The summed E-state index contributed by atoms with van der Waals surface area (Å²) in [5.74, 6) is 1.40. The van der Waals surface area contributed by atoms with Crippen LogP contribution in [0.4, 0.5) is 0 Å². The Balaban J connectivity index is 2.02. The summed E-state index contributed by atoms with van der Waals surface area (Å²) in [7, 11) is 1.35. The lowest BCUT2D eigenvalue weighted by atomic mass is 10.2. The fourth-order valence-corrected chi connectivity index (χ4v) is 3.08. The maximum Gasteiger partial charge on any atom is 0.341 e. The zero-order valence-corrected chi connectivity index (χ0v) is 16.0. The van der Waals surface area contributed by atoms with E-state index >= 15 is 0 Å². The number of aromatic nitrogens is 1. The van der Waals surface area contributed by atoms with Crippen molar-refractivity contribution in [3.05, 3.63) is 38.7 Å². The average molecular weight is 364 g/mol. The summed E-state index contributed by atoms with van der Waals surface area (Å²) in [6, 6.07) is 1.67. The van der Waals surface area contributed by atoms with Crippen LogP contribution in [-0.4, -0.2) is 30.6 Å². The lowest BCUT2D eigenvalue weighted by molar-refractivity contribution is 0.0599. The molecule has 0 aliphatic carbocycles. The molecule has 0 amide bonds. The van der Waals surface area contributed by atoms with Gasteiger partial charge in [-0.2, -0.15) is 0 Å². The largest absolute Gasteiger partial charge is 0.465 e. The van der Waals surface area contributed by atoms with Gasteiger partial charge in [-0.05, 0) is 33.8 Å². The van der Waals surface area contributed by atoms with E-state index in [-0.39, 0.29) is 0 Å². The molecular weight excluding hydrogens is 340 g/mol. The minimum Gasteiger partial charge on any atom is -0.465 e. The number of hydrogen-bond donors (Lipinski definition) is 2. The van der Waals surface area contributed by atoms with Crippen LogP contribution in [0.15, 0.2) is 15.5 Å². The Hall–Kier alpha value is -2.35. The van der Waals surface area contributed by atoms with Crippen LogP contribution in [0.1, 0.15) is 44.4 Å². The molecule has 25 heavy (non-hydrogen) atoms. The van der Waals surface area contributed by atoms with Gasteiger partial charge in [-0.3, -0.25) is 0 Å². The van der Waals surface area contributed by atoms with Crippen molar-refractivity contribution in [2.24, 2.45) is 4.99 Å². The second kappa shape index (κ2) is 8.66. The molecule has 0 fully saturated rings. The third-order valence-corrected chi connectivity index (χ3v) is 4.66. The van der Waals surface area contributed by atoms with Crippen molar-refractivity contribution in [1.29, 1.82) is 0 Å². The number of carbonyl (C=O) groups excluding carboxylic acids is 1. The number of thiazole rings is 1. The van der Waals surface area contributed by atoms with E-state index in [1.807, 2.05) is 13.8 Å². The quantitative estimate of drug-likeness (QED) is 0.465. The molecule has 0 saturated carbocycles. The highest BCUT2D eigenvalue weighted by Gasteiger charge is 2.15. The van der Waals surface area contributed by atoms with E-state index in [4.69, 9.17) is 9.15 Å². The highest BCUT2D eigenvalue weighted by Crippen LogP contribution is 2.17. The van der Waals surface area contributed by atoms with Gasteiger partial charge in [0.1, 0.15) is 28.6 Å². The van der Waals surface area contributed by atoms with Crippen molar-refractivity contribution >= 4 is 23.3 Å². The van der Waals surface area contributed by atoms with Crippen LogP contribution in [0.25, 0.3) is 0 Å². The lowest BCUT2D eigenvalue weighted by Gasteiger charge is -2.09. The maximum absolute atomic E-state index is 11.6. The monoisotopic (exact) mass is 364 g/mol. The molecular formula is C17H24N4O3S. The van der Waals surface area contributed by atoms with Gasteiger partial charge >= 0.3 is 5.97 Å². The number of ether oxygens (including phenoxy) is 1. The Labute approximate surface area is 151 Å². The zero-order chi connectivity index (χ0) is 18.4. The average Bonchev–Trinajstić information content (AvgIpc) is 3.11. The summed E-state index contributed by atoms with van der Waals surface area (Å²) in [6.45, 7) is 9.48. The number of hydrogen-bond acceptors (Lipinski definition) is 6. The first-order chi connectivity index (χ1) is 11.9. The first-order valence-corrected chi connectivity index (χ1v) is 8.89. The molecule has 0 aliphatic rings. The third kappa shape index (κ3) is 5.06. The summed E-state index contributed by atoms with van der Waals surface area (Å²) in [5, 5.41) is 7.46. The van der Waals surface area contributed by atoms with Gasteiger partial charge in [0.25, 0.3) is 0 Å². The number of aryl methyl sites for hydroxylation is 3. The molecule has 0 bridgehead atoms. The summed E-state index contributed by atoms with van der Waals surface area (Å²) in [5.41, 5.74) is 1.49. The summed E-state index contributed by atoms with van der Waals surface area (Å²) in [4.78, 5) is 21.9. The Morgan fingerprint density at radius 2 is 2.12 bits per heavy atom. The van der Waals surface area contributed by atoms with E-state index in [1.54, 1.807) is 24.3 Å². The second-order valence-electron chi connectivity index (χ2n) is 5.47. The van der Waals surface area contributed by atoms with Crippen molar-refractivity contribution < 1.29 is 13.9 Å².